The fourth-order valence-corrected chi connectivity index (χ4v) is 0.792. The van der Waals surface area contributed by atoms with E-state index in [2.05, 4.69) is 23.6 Å². The molecule has 2 N–H and O–H groups in total. The average molecular weight is 124 g/mol. The standard InChI is InChI=1S/C7H12N2/c1-2-8-7-5-3-4-6-9-7/h3-9H,2H2,1H3. The summed E-state index contributed by atoms with van der Waals surface area (Å²) >= 11 is 0. The summed E-state index contributed by atoms with van der Waals surface area (Å²) in [5.74, 6) is 0. The molecule has 0 saturated carbocycles. The van der Waals surface area contributed by atoms with E-state index in [1.807, 2.05) is 18.4 Å². The first-order valence-corrected chi connectivity index (χ1v) is 3.26. The lowest BCUT2D eigenvalue weighted by Gasteiger charge is -2.15. The molecule has 0 aromatic carbocycles. The maximum atomic E-state index is 3.24. The first-order valence-electron chi connectivity index (χ1n) is 3.26. The van der Waals surface area contributed by atoms with Crippen LogP contribution in [0.2, 0.25) is 0 Å². The van der Waals surface area contributed by atoms with Crippen LogP contribution in [0.3, 0.4) is 0 Å². The Morgan fingerprint density at radius 3 is 3.00 bits per heavy atom. The number of dihydropyridines is 1. The van der Waals surface area contributed by atoms with Gasteiger partial charge in [0.1, 0.15) is 0 Å². The van der Waals surface area contributed by atoms with Crippen LogP contribution in [0.5, 0.6) is 0 Å². The molecule has 0 aliphatic carbocycles. The fraction of sp³-hybridized carbons (Fsp3) is 0.429. The minimum Gasteiger partial charge on any atom is -0.372 e. The summed E-state index contributed by atoms with van der Waals surface area (Å²) in [6.45, 7) is 3.09. The molecule has 1 aliphatic heterocycles. The van der Waals surface area contributed by atoms with Gasteiger partial charge in [0.25, 0.3) is 0 Å². The Hall–Kier alpha value is -0.760. The summed E-state index contributed by atoms with van der Waals surface area (Å²) in [7, 11) is 0. The smallest absolute Gasteiger partial charge is 0.0959 e. The zero-order chi connectivity index (χ0) is 6.53. The zero-order valence-corrected chi connectivity index (χ0v) is 5.59. The second kappa shape index (κ2) is 3.30. The molecule has 1 heterocycles. The molecule has 0 bridgehead atoms. The Morgan fingerprint density at radius 2 is 2.44 bits per heavy atom. The van der Waals surface area contributed by atoms with Crippen molar-refractivity contribution in [2.75, 3.05) is 6.54 Å². The van der Waals surface area contributed by atoms with Gasteiger partial charge < -0.3 is 5.32 Å². The third-order valence-electron chi connectivity index (χ3n) is 1.21. The van der Waals surface area contributed by atoms with E-state index in [0.717, 1.165) is 6.54 Å². The second-order valence-corrected chi connectivity index (χ2v) is 1.95. The largest absolute Gasteiger partial charge is 0.372 e. The van der Waals surface area contributed by atoms with Crippen molar-refractivity contribution in [3.8, 4) is 0 Å². The summed E-state index contributed by atoms with van der Waals surface area (Å²) in [6, 6.07) is 0. The lowest BCUT2D eigenvalue weighted by molar-refractivity contribution is 0.565. The van der Waals surface area contributed by atoms with Gasteiger partial charge >= 0.3 is 0 Å². The highest BCUT2D eigenvalue weighted by Crippen LogP contribution is 1.88. The quantitative estimate of drug-likeness (QED) is 0.563. The van der Waals surface area contributed by atoms with E-state index >= 15 is 0 Å². The summed E-state index contributed by atoms with van der Waals surface area (Å²) in [5, 5.41) is 6.38. The highest BCUT2D eigenvalue weighted by atomic mass is 15.1. The van der Waals surface area contributed by atoms with Crippen LogP contribution in [0.15, 0.2) is 24.4 Å². The number of hydrogen-bond acceptors (Lipinski definition) is 2. The van der Waals surface area contributed by atoms with E-state index in [4.69, 9.17) is 0 Å². The Morgan fingerprint density at radius 1 is 1.56 bits per heavy atom. The SMILES string of the molecule is CCNC1C=CC=CN1. The number of likely N-dealkylation sites (N-methyl/N-ethyl adjacent to an activating group) is 1. The number of rotatable bonds is 2. The lowest BCUT2D eigenvalue weighted by Crippen LogP contribution is -2.38. The van der Waals surface area contributed by atoms with Crippen LogP contribution in [-0.2, 0) is 0 Å². The fourth-order valence-electron chi connectivity index (χ4n) is 0.792. The number of hydrogen-bond donors (Lipinski definition) is 2. The van der Waals surface area contributed by atoms with Crippen molar-refractivity contribution >= 4 is 0 Å². The van der Waals surface area contributed by atoms with Crippen molar-refractivity contribution in [1.82, 2.24) is 10.6 Å². The molecular formula is C7H12N2. The van der Waals surface area contributed by atoms with Crippen molar-refractivity contribution < 1.29 is 0 Å². The van der Waals surface area contributed by atoms with E-state index in [9.17, 15) is 0 Å². The normalized spacial score (nSPS) is 23.9. The van der Waals surface area contributed by atoms with Gasteiger partial charge in [-0.05, 0) is 24.9 Å². The minimum absolute atomic E-state index is 0.333. The third kappa shape index (κ3) is 1.90. The molecular weight excluding hydrogens is 112 g/mol. The van der Waals surface area contributed by atoms with Gasteiger partial charge in [0.2, 0.25) is 0 Å². The van der Waals surface area contributed by atoms with Gasteiger partial charge in [0.15, 0.2) is 0 Å². The molecule has 1 rings (SSSR count). The minimum atomic E-state index is 0.333. The van der Waals surface area contributed by atoms with E-state index in [1.165, 1.54) is 0 Å². The van der Waals surface area contributed by atoms with Gasteiger partial charge in [-0.1, -0.05) is 13.0 Å². The summed E-state index contributed by atoms with van der Waals surface area (Å²) in [6.07, 6.45) is 8.37. The van der Waals surface area contributed by atoms with E-state index < -0.39 is 0 Å². The second-order valence-electron chi connectivity index (χ2n) is 1.95. The molecule has 0 aromatic rings. The Labute approximate surface area is 55.6 Å². The maximum Gasteiger partial charge on any atom is 0.0959 e. The maximum absolute atomic E-state index is 3.24. The number of allylic oxidation sites excluding steroid dienone is 2. The molecule has 0 radical (unpaired) electrons. The van der Waals surface area contributed by atoms with Gasteiger partial charge in [0.05, 0.1) is 6.17 Å². The molecule has 2 nitrogen and oxygen atoms in total. The van der Waals surface area contributed by atoms with Crippen molar-refractivity contribution in [3.05, 3.63) is 24.4 Å². The van der Waals surface area contributed by atoms with Crippen LogP contribution in [-0.4, -0.2) is 12.7 Å². The Balaban J connectivity index is 2.28. The highest BCUT2D eigenvalue weighted by molar-refractivity contribution is 5.10. The van der Waals surface area contributed by atoms with E-state index in [0.29, 0.717) is 6.17 Å². The molecule has 9 heavy (non-hydrogen) atoms. The molecule has 1 unspecified atom stereocenters. The Kier molecular flexibility index (Phi) is 2.33. The molecule has 0 fully saturated rings. The molecule has 0 saturated heterocycles. The van der Waals surface area contributed by atoms with Crippen molar-refractivity contribution in [1.29, 1.82) is 0 Å². The highest BCUT2D eigenvalue weighted by Gasteiger charge is 1.97. The van der Waals surface area contributed by atoms with Gasteiger partial charge in [-0.3, -0.25) is 5.32 Å². The van der Waals surface area contributed by atoms with Crippen LogP contribution in [0, 0.1) is 0 Å². The first-order chi connectivity index (χ1) is 4.43. The van der Waals surface area contributed by atoms with Crippen LogP contribution in [0.4, 0.5) is 0 Å². The van der Waals surface area contributed by atoms with E-state index in [-0.39, 0.29) is 0 Å². The Bertz CT molecular complexity index is 127. The third-order valence-corrected chi connectivity index (χ3v) is 1.21. The van der Waals surface area contributed by atoms with Crippen LogP contribution in [0.25, 0.3) is 0 Å². The van der Waals surface area contributed by atoms with Crippen LogP contribution >= 0.6 is 0 Å². The van der Waals surface area contributed by atoms with Crippen LogP contribution in [0.1, 0.15) is 6.92 Å². The van der Waals surface area contributed by atoms with Gasteiger partial charge in [-0.15, -0.1) is 0 Å². The molecule has 1 atom stereocenters. The van der Waals surface area contributed by atoms with Crippen molar-refractivity contribution in [2.45, 2.75) is 13.1 Å². The molecule has 2 heteroatoms. The summed E-state index contributed by atoms with van der Waals surface area (Å²) < 4.78 is 0. The van der Waals surface area contributed by atoms with Crippen molar-refractivity contribution in [3.63, 3.8) is 0 Å². The molecule has 0 amide bonds. The number of nitrogens with one attached hydrogen (secondary N) is 2. The zero-order valence-electron chi connectivity index (χ0n) is 5.59. The molecule has 50 valence electrons. The monoisotopic (exact) mass is 124 g/mol. The van der Waals surface area contributed by atoms with Crippen molar-refractivity contribution in [2.24, 2.45) is 0 Å². The van der Waals surface area contributed by atoms with E-state index in [1.54, 1.807) is 0 Å². The van der Waals surface area contributed by atoms with Crippen LogP contribution < -0.4 is 10.6 Å². The van der Waals surface area contributed by atoms with Gasteiger partial charge in [-0.2, -0.15) is 0 Å². The molecule has 0 aromatic heterocycles. The summed E-state index contributed by atoms with van der Waals surface area (Å²) in [4.78, 5) is 0. The molecule has 0 spiro atoms. The average Bonchev–Trinajstić information content (AvgIpc) is 1.91. The first kappa shape index (κ1) is 6.36. The van der Waals surface area contributed by atoms with Gasteiger partial charge in [-0.25, -0.2) is 0 Å². The topological polar surface area (TPSA) is 24.1 Å². The predicted octanol–water partition coefficient (Wildman–Crippen LogP) is 0.595. The molecule has 1 aliphatic rings. The lowest BCUT2D eigenvalue weighted by atomic mass is 10.3. The van der Waals surface area contributed by atoms with Gasteiger partial charge in [0, 0.05) is 0 Å². The summed E-state index contributed by atoms with van der Waals surface area (Å²) in [5.41, 5.74) is 0. The predicted molar refractivity (Wildman–Crippen MR) is 38.9 cm³/mol.